The Labute approximate surface area is 193 Å². The minimum atomic E-state index is -5.08. The molecule has 4 rings (SSSR count). The Balaban J connectivity index is 0.000000383. The Kier molecular flexibility index (Phi) is 8.41. The van der Waals surface area contributed by atoms with E-state index in [1.807, 2.05) is 18.2 Å². The number of nitrogens with zero attached hydrogens (tertiary/aromatic N) is 2. The Morgan fingerprint density at radius 1 is 1.21 bits per heavy atom. The first kappa shape index (κ1) is 25.1. The summed E-state index contributed by atoms with van der Waals surface area (Å²) in [6.45, 7) is 4.47. The first-order valence-electron chi connectivity index (χ1n) is 10.7. The zero-order chi connectivity index (χ0) is 24.0. The molecule has 12 heteroatoms. The average molecular weight is 491 g/mol. The number of benzene rings is 1. The van der Waals surface area contributed by atoms with Gasteiger partial charge in [0.25, 0.3) is 6.01 Å². The predicted octanol–water partition coefficient (Wildman–Crippen LogP) is 3.45. The highest BCUT2D eigenvalue weighted by Crippen LogP contribution is 2.27. The normalized spacial score (nSPS) is 18.0. The number of carbonyl (C=O) groups is 2. The Bertz CT molecular complexity index is 955. The van der Waals surface area contributed by atoms with Gasteiger partial charge in [-0.1, -0.05) is 11.6 Å². The monoisotopic (exact) mass is 490 g/mol. The van der Waals surface area contributed by atoms with Gasteiger partial charge in [-0.25, -0.2) is 4.79 Å². The number of amides is 1. The van der Waals surface area contributed by atoms with Crippen molar-refractivity contribution in [2.24, 2.45) is 11.8 Å². The topological polar surface area (TPSA) is 108 Å². The van der Waals surface area contributed by atoms with Crippen LogP contribution in [0, 0.1) is 11.8 Å². The lowest BCUT2D eigenvalue weighted by molar-refractivity contribution is -0.192. The molecule has 0 atom stereocenters. The highest BCUT2D eigenvalue weighted by Gasteiger charge is 2.38. The Morgan fingerprint density at radius 3 is 2.45 bits per heavy atom. The fraction of sp³-hybridized carbons (Fsp3) is 0.571. The van der Waals surface area contributed by atoms with Crippen molar-refractivity contribution < 1.29 is 32.3 Å². The molecular formula is C21H26ClF3N4O4. The van der Waals surface area contributed by atoms with Crippen molar-refractivity contribution in [3.05, 3.63) is 23.2 Å². The molecule has 1 aromatic carbocycles. The van der Waals surface area contributed by atoms with Gasteiger partial charge < -0.3 is 25.1 Å². The molecule has 0 spiro atoms. The molecule has 182 valence electrons. The lowest BCUT2D eigenvalue weighted by Gasteiger charge is -2.31. The van der Waals surface area contributed by atoms with E-state index < -0.39 is 12.1 Å². The predicted molar refractivity (Wildman–Crippen MR) is 116 cm³/mol. The number of carboxylic acids is 1. The lowest BCUT2D eigenvalue weighted by atomic mass is 9.95. The number of fused-ring (bicyclic) bond motifs is 1. The van der Waals surface area contributed by atoms with Gasteiger partial charge in [-0.2, -0.15) is 18.2 Å². The summed E-state index contributed by atoms with van der Waals surface area (Å²) in [7, 11) is 0. The number of carbonyl (C=O) groups excluding carboxylic acids is 1. The Hall–Kier alpha value is -2.53. The maximum absolute atomic E-state index is 12.3. The van der Waals surface area contributed by atoms with Gasteiger partial charge in [0.1, 0.15) is 5.52 Å². The van der Waals surface area contributed by atoms with Gasteiger partial charge in [0.15, 0.2) is 5.58 Å². The van der Waals surface area contributed by atoms with Gasteiger partial charge in [-0.05, 0) is 62.9 Å². The molecule has 1 amide bonds. The van der Waals surface area contributed by atoms with E-state index >= 15 is 0 Å². The molecule has 0 unspecified atom stereocenters. The second-order valence-electron chi connectivity index (χ2n) is 8.11. The first-order valence-corrected chi connectivity index (χ1v) is 11.1. The van der Waals surface area contributed by atoms with Crippen LogP contribution in [0.25, 0.3) is 11.1 Å². The highest BCUT2D eigenvalue weighted by molar-refractivity contribution is 6.31. The molecule has 2 aromatic rings. The number of piperidine rings is 2. The number of hydrogen-bond donors (Lipinski definition) is 3. The maximum Gasteiger partial charge on any atom is 0.490 e. The smallest absolute Gasteiger partial charge is 0.475 e. The second-order valence-corrected chi connectivity index (χ2v) is 8.55. The summed E-state index contributed by atoms with van der Waals surface area (Å²) in [4.78, 5) is 27.9. The number of anilines is 1. The highest BCUT2D eigenvalue weighted by atomic mass is 35.5. The number of carboxylic acid groups (broad SMARTS) is 1. The molecule has 0 aliphatic carbocycles. The van der Waals surface area contributed by atoms with Crippen molar-refractivity contribution in [2.75, 3.05) is 37.6 Å². The molecule has 2 saturated heterocycles. The van der Waals surface area contributed by atoms with Crippen LogP contribution < -0.4 is 15.5 Å². The molecule has 3 N–H and O–H groups in total. The van der Waals surface area contributed by atoms with Crippen molar-refractivity contribution >= 4 is 40.6 Å². The Morgan fingerprint density at radius 2 is 1.85 bits per heavy atom. The van der Waals surface area contributed by atoms with Gasteiger partial charge in [0.05, 0.1) is 0 Å². The quantitative estimate of drug-likeness (QED) is 0.602. The maximum atomic E-state index is 12.3. The standard InChI is InChI=1S/C19H25ClN4O2.C2HF3O2/c20-15-1-2-17-16(11-15)23-19(26-17)24-9-5-13(6-10-24)12-22-18(25)14-3-7-21-8-4-14;3-2(4,5)1(6)7/h1-2,11,13-14,21H,3-10,12H2,(H,22,25);(H,6,7). The molecule has 8 nitrogen and oxygen atoms in total. The van der Waals surface area contributed by atoms with Crippen LogP contribution >= 0.6 is 11.6 Å². The van der Waals surface area contributed by atoms with Crippen LogP contribution in [0.15, 0.2) is 22.6 Å². The first-order chi connectivity index (χ1) is 15.6. The van der Waals surface area contributed by atoms with E-state index in [-0.39, 0.29) is 11.8 Å². The van der Waals surface area contributed by atoms with Crippen molar-refractivity contribution in [2.45, 2.75) is 31.9 Å². The third-order valence-corrected chi connectivity index (χ3v) is 5.98. The number of rotatable bonds is 4. The number of halogens is 4. The van der Waals surface area contributed by atoms with Gasteiger partial charge in [0, 0.05) is 30.6 Å². The van der Waals surface area contributed by atoms with E-state index in [2.05, 4.69) is 20.5 Å². The van der Waals surface area contributed by atoms with Crippen LogP contribution in [0.2, 0.25) is 5.02 Å². The van der Waals surface area contributed by atoms with Gasteiger partial charge in [-0.3, -0.25) is 4.79 Å². The molecular weight excluding hydrogens is 465 g/mol. The largest absolute Gasteiger partial charge is 0.490 e. The zero-order valence-corrected chi connectivity index (χ0v) is 18.6. The minimum Gasteiger partial charge on any atom is -0.475 e. The van der Waals surface area contributed by atoms with Crippen LogP contribution in [-0.2, 0) is 9.59 Å². The number of alkyl halides is 3. The van der Waals surface area contributed by atoms with Crippen molar-refractivity contribution in [3.63, 3.8) is 0 Å². The van der Waals surface area contributed by atoms with Crippen LogP contribution in [0.4, 0.5) is 19.2 Å². The zero-order valence-electron chi connectivity index (χ0n) is 17.8. The summed E-state index contributed by atoms with van der Waals surface area (Å²) in [5.74, 6) is -1.82. The van der Waals surface area contributed by atoms with E-state index in [0.29, 0.717) is 17.0 Å². The van der Waals surface area contributed by atoms with Crippen LogP contribution in [0.3, 0.4) is 0 Å². The van der Waals surface area contributed by atoms with Gasteiger partial charge >= 0.3 is 12.1 Å². The van der Waals surface area contributed by atoms with Gasteiger partial charge in [0.2, 0.25) is 5.91 Å². The molecule has 2 fully saturated rings. The van der Waals surface area contributed by atoms with Crippen LogP contribution in [0.1, 0.15) is 25.7 Å². The lowest BCUT2D eigenvalue weighted by Crippen LogP contribution is -2.42. The van der Waals surface area contributed by atoms with Crippen molar-refractivity contribution in [3.8, 4) is 0 Å². The van der Waals surface area contributed by atoms with E-state index in [0.717, 1.165) is 69.5 Å². The summed E-state index contributed by atoms with van der Waals surface area (Å²) in [6, 6.07) is 6.17. The summed E-state index contributed by atoms with van der Waals surface area (Å²) in [6.07, 6.45) is -1.12. The number of hydrogen-bond acceptors (Lipinski definition) is 6. The molecule has 2 aliphatic rings. The van der Waals surface area contributed by atoms with Gasteiger partial charge in [-0.15, -0.1) is 0 Å². The fourth-order valence-electron chi connectivity index (χ4n) is 3.83. The number of aliphatic carboxylic acids is 1. The molecule has 0 radical (unpaired) electrons. The molecule has 0 bridgehead atoms. The molecule has 33 heavy (non-hydrogen) atoms. The van der Waals surface area contributed by atoms with Crippen molar-refractivity contribution in [1.29, 1.82) is 0 Å². The fourth-order valence-corrected chi connectivity index (χ4v) is 3.99. The number of nitrogens with one attached hydrogen (secondary N) is 2. The van der Waals surface area contributed by atoms with Crippen LogP contribution in [0.5, 0.6) is 0 Å². The third kappa shape index (κ3) is 7.23. The van der Waals surface area contributed by atoms with Crippen LogP contribution in [-0.4, -0.2) is 60.9 Å². The van der Waals surface area contributed by atoms with Crippen molar-refractivity contribution in [1.82, 2.24) is 15.6 Å². The van der Waals surface area contributed by atoms with E-state index in [1.165, 1.54) is 0 Å². The number of aromatic nitrogens is 1. The van der Waals surface area contributed by atoms with E-state index in [9.17, 15) is 18.0 Å². The number of oxazole rings is 1. The van der Waals surface area contributed by atoms with E-state index in [1.54, 1.807) is 0 Å². The molecule has 3 heterocycles. The second kappa shape index (κ2) is 11.1. The SMILES string of the molecule is O=C(NCC1CCN(c2nc3cc(Cl)ccc3o2)CC1)C1CCNCC1.O=C(O)C(F)(F)F. The molecule has 0 saturated carbocycles. The summed E-state index contributed by atoms with van der Waals surface area (Å²) < 4.78 is 37.6. The summed E-state index contributed by atoms with van der Waals surface area (Å²) in [5, 5.41) is 14.3. The summed E-state index contributed by atoms with van der Waals surface area (Å²) >= 11 is 6.02. The third-order valence-electron chi connectivity index (χ3n) is 5.74. The minimum absolute atomic E-state index is 0.183. The molecule has 2 aliphatic heterocycles. The van der Waals surface area contributed by atoms with E-state index in [4.69, 9.17) is 25.9 Å². The molecule has 1 aromatic heterocycles. The average Bonchev–Trinajstić information content (AvgIpc) is 3.21. The summed E-state index contributed by atoms with van der Waals surface area (Å²) in [5.41, 5.74) is 1.56.